The number of terminal acetylenes is 1. The van der Waals surface area contributed by atoms with E-state index in [4.69, 9.17) is 16.3 Å². The van der Waals surface area contributed by atoms with E-state index < -0.39 is 0 Å². The van der Waals surface area contributed by atoms with E-state index in [2.05, 4.69) is 10.8 Å². The lowest BCUT2D eigenvalue weighted by atomic mass is 10.2. The molecule has 1 N–H and O–H groups in total. The molecule has 1 saturated heterocycles. The molecule has 3 heteroatoms. The van der Waals surface area contributed by atoms with Crippen LogP contribution in [0.1, 0.15) is 6.42 Å². The maximum absolute atomic E-state index is 9.01. The molecule has 0 bridgehead atoms. The number of ether oxygens (including phenoxy) is 1. The molecule has 0 spiro atoms. The van der Waals surface area contributed by atoms with E-state index in [-0.39, 0.29) is 18.8 Å². The van der Waals surface area contributed by atoms with Gasteiger partial charge in [-0.05, 0) is 6.42 Å². The lowest BCUT2D eigenvalue weighted by Crippen LogP contribution is -2.32. The van der Waals surface area contributed by atoms with Crippen LogP contribution < -0.4 is 0 Å². The van der Waals surface area contributed by atoms with Gasteiger partial charge in [0.05, 0.1) is 19.3 Å². The number of methoxy groups -OCH3 is 1. The predicted octanol–water partition coefficient (Wildman–Crippen LogP) is -0.299. The molecular weight excluding hydrogens is 154 g/mol. The van der Waals surface area contributed by atoms with E-state index in [0.29, 0.717) is 6.54 Å². The first-order valence-corrected chi connectivity index (χ1v) is 4.13. The summed E-state index contributed by atoms with van der Waals surface area (Å²) in [6.45, 7) is 1.61. The van der Waals surface area contributed by atoms with Crippen LogP contribution in [0.15, 0.2) is 0 Å². The second-order valence-corrected chi connectivity index (χ2v) is 3.06. The Labute approximate surface area is 73.3 Å². The Morgan fingerprint density at radius 1 is 1.75 bits per heavy atom. The topological polar surface area (TPSA) is 32.7 Å². The highest BCUT2D eigenvalue weighted by atomic mass is 16.5. The fourth-order valence-corrected chi connectivity index (χ4v) is 1.61. The minimum atomic E-state index is 0.168. The largest absolute Gasteiger partial charge is 0.395 e. The van der Waals surface area contributed by atoms with Crippen molar-refractivity contribution in [2.75, 3.05) is 26.8 Å². The number of likely N-dealkylation sites (tertiary alicyclic amines) is 1. The smallest absolute Gasteiger partial charge is 0.0714 e. The third-order valence-corrected chi connectivity index (χ3v) is 2.33. The minimum Gasteiger partial charge on any atom is -0.395 e. The van der Waals surface area contributed by atoms with Crippen LogP contribution in [0.3, 0.4) is 0 Å². The zero-order chi connectivity index (χ0) is 8.97. The Morgan fingerprint density at radius 2 is 2.50 bits per heavy atom. The summed E-state index contributed by atoms with van der Waals surface area (Å²) >= 11 is 0. The van der Waals surface area contributed by atoms with E-state index in [9.17, 15) is 0 Å². The summed E-state index contributed by atoms with van der Waals surface area (Å²) in [5.41, 5.74) is 0. The lowest BCUT2D eigenvalue weighted by molar-refractivity contribution is 0.110. The normalized spacial score (nSPS) is 30.4. The van der Waals surface area contributed by atoms with Crippen molar-refractivity contribution in [1.29, 1.82) is 0 Å². The SMILES string of the molecule is C#CCN1C[C@@H](OC)C[C@H]1CO. The summed E-state index contributed by atoms with van der Waals surface area (Å²) in [6, 6.07) is 0.186. The first-order valence-electron chi connectivity index (χ1n) is 4.13. The van der Waals surface area contributed by atoms with E-state index in [1.165, 1.54) is 0 Å². The van der Waals surface area contributed by atoms with E-state index in [1.54, 1.807) is 7.11 Å². The van der Waals surface area contributed by atoms with Crippen molar-refractivity contribution in [3.63, 3.8) is 0 Å². The van der Waals surface area contributed by atoms with Crippen molar-refractivity contribution in [1.82, 2.24) is 4.90 Å². The van der Waals surface area contributed by atoms with Crippen molar-refractivity contribution in [2.24, 2.45) is 0 Å². The summed E-state index contributed by atoms with van der Waals surface area (Å²) in [4.78, 5) is 2.08. The quantitative estimate of drug-likeness (QED) is 0.589. The van der Waals surface area contributed by atoms with Crippen molar-refractivity contribution in [3.05, 3.63) is 0 Å². The molecule has 0 aliphatic carbocycles. The average Bonchev–Trinajstić information content (AvgIpc) is 2.48. The third-order valence-electron chi connectivity index (χ3n) is 2.33. The molecule has 0 aromatic carbocycles. The molecule has 1 fully saturated rings. The second-order valence-electron chi connectivity index (χ2n) is 3.06. The molecule has 12 heavy (non-hydrogen) atoms. The molecule has 1 heterocycles. The van der Waals surface area contributed by atoms with Crippen LogP contribution in [-0.4, -0.2) is 49.0 Å². The van der Waals surface area contributed by atoms with Gasteiger partial charge in [-0.1, -0.05) is 5.92 Å². The molecule has 0 aromatic heterocycles. The Hall–Kier alpha value is -0.560. The van der Waals surface area contributed by atoms with Gasteiger partial charge in [0.15, 0.2) is 0 Å². The molecule has 3 nitrogen and oxygen atoms in total. The van der Waals surface area contributed by atoms with Gasteiger partial charge in [-0.3, -0.25) is 4.90 Å². The Bertz CT molecular complexity index is 176. The second kappa shape index (κ2) is 4.46. The molecule has 0 amide bonds. The fraction of sp³-hybridized carbons (Fsp3) is 0.778. The van der Waals surface area contributed by atoms with Gasteiger partial charge in [-0.15, -0.1) is 6.42 Å². The van der Waals surface area contributed by atoms with Crippen LogP contribution in [0.2, 0.25) is 0 Å². The van der Waals surface area contributed by atoms with Gasteiger partial charge in [-0.25, -0.2) is 0 Å². The Balaban J connectivity index is 2.45. The monoisotopic (exact) mass is 169 g/mol. The third kappa shape index (κ3) is 1.98. The summed E-state index contributed by atoms with van der Waals surface area (Å²) in [6.07, 6.45) is 6.31. The number of rotatable bonds is 3. The van der Waals surface area contributed by atoms with Gasteiger partial charge in [0.25, 0.3) is 0 Å². The van der Waals surface area contributed by atoms with E-state index in [1.807, 2.05) is 0 Å². The van der Waals surface area contributed by atoms with Gasteiger partial charge in [0.2, 0.25) is 0 Å². The number of aliphatic hydroxyl groups is 1. The summed E-state index contributed by atoms with van der Waals surface area (Å²) < 4.78 is 5.20. The molecule has 1 aliphatic rings. The molecule has 1 rings (SSSR count). The molecule has 0 saturated carbocycles. The highest BCUT2D eigenvalue weighted by Gasteiger charge is 2.30. The van der Waals surface area contributed by atoms with Crippen LogP contribution in [0.4, 0.5) is 0 Å². The van der Waals surface area contributed by atoms with Gasteiger partial charge in [0, 0.05) is 19.7 Å². The van der Waals surface area contributed by atoms with E-state index >= 15 is 0 Å². The van der Waals surface area contributed by atoms with Crippen LogP contribution in [-0.2, 0) is 4.74 Å². The van der Waals surface area contributed by atoms with Gasteiger partial charge >= 0.3 is 0 Å². The average molecular weight is 169 g/mol. The van der Waals surface area contributed by atoms with Gasteiger partial charge in [0.1, 0.15) is 0 Å². The number of nitrogens with zero attached hydrogens (tertiary/aromatic N) is 1. The van der Waals surface area contributed by atoms with Crippen LogP contribution >= 0.6 is 0 Å². The highest BCUT2D eigenvalue weighted by Crippen LogP contribution is 2.18. The molecule has 68 valence electrons. The van der Waals surface area contributed by atoms with Crippen molar-refractivity contribution in [2.45, 2.75) is 18.6 Å². The first-order chi connectivity index (χ1) is 5.81. The number of aliphatic hydroxyl groups excluding tert-OH is 1. The summed E-state index contributed by atoms with van der Waals surface area (Å²) in [5, 5.41) is 9.01. The summed E-state index contributed by atoms with van der Waals surface area (Å²) in [5.74, 6) is 2.58. The lowest BCUT2D eigenvalue weighted by Gasteiger charge is -2.18. The zero-order valence-electron chi connectivity index (χ0n) is 7.36. The van der Waals surface area contributed by atoms with Gasteiger partial charge in [-0.2, -0.15) is 0 Å². The first kappa shape index (κ1) is 9.53. The van der Waals surface area contributed by atoms with Crippen LogP contribution in [0, 0.1) is 12.3 Å². The molecule has 0 unspecified atom stereocenters. The maximum Gasteiger partial charge on any atom is 0.0714 e. The molecule has 0 aromatic rings. The number of hydrogen-bond acceptors (Lipinski definition) is 3. The van der Waals surface area contributed by atoms with Crippen molar-refractivity contribution in [3.8, 4) is 12.3 Å². The van der Waals surface area contributed by atoms with Crippen LogP contribution in [0.5, 0.6) is 0 Å². The summed E-state index contributed by atoms with van der Waals surface area (Å²) in [7, 11) is 1.69. The molecule has 0 radical (unpaired) electrons. The number of hydrogen-bond donors (Lipinski definition) is 1. The zero-order valence-corrected chi connectivity index (χ0v) is 7.36. The van der Waals surface area contributed by atoms with Gasteiger partial charge < -0.3 is 9.84 Å². The highest BCUT2D eigenvalue weighted by molar-refractivity contribution is 4.95. The van der Waals surface area contributed by atoms with E-state index in [0.717, 1.165) is 13.0 Å². The molecular formula is C9H15NO2. The van der Waals surface area contributed by atoms with Crippen molar-refractivity contribution >= 4 is 0 Å². The molecule has 1 aliphatic heterocycles. The Kier molecular flexibility index (Phi) is 3.54. The standard InChI is InChI=1S/C9H15NO2/c1-3-4-10-6-9(12-2)5-8(10)7-11/h1,8-9,11H,4-7H2,2H3/t8-,9-/m0/s1. The van der Waals surface area contributed by atoms with Crippen molar-refractivity contribution < 1.29 is 9.84 Å². The Morgan fingerprint density at radius 3 is 3.00 bits per heavy atom. The van der Waals surface area contributed by atoms with Crippen LogP contribution in [0.25, 0.3) is 0 Å². The fourth-order valence-electron chi connectivity index (χ4n) is 1.61. The molecule has 2 atom stereocenters. The maximum atomic E-state index is 9.01. The predicted molar refractivity (Wildman–Crippen MR) is 46.7 cm³/mol. The minimum absolute atomic E-state index is 0.168.